The number of ketones is 1. The van der Waals surface area contributed by atoms with Crippen molar-refractivity contribution in [2.45, 2.75) is 33.0 Å². The van der Waals surface area contributed by atoms with Gasteiger partial charge >= 0.3 is 0 Å². The van der Waals surface area contributed by atoms with Crippen LogP contribution in [-0.2, 0) is 11.3 Å². The Labute approximate surface area is 125 Å². The normalized spacial score (nSPS) is 11.4. The summed E-state index contributed by atoms with van der Waals surface area (Å²) in [6.07, 6.45) is 0. The quantitative estimate of drug-likeness (QED) is 0.685. The second-order valence-corrected chi connectivity index (χ2v) is 6.02. The summed E-state index contributed by atoms with van der Waals surface area (Å²) in [7, 11) is 0. The molecule has 0 saturated heterocycles. The highest BCUT2D eigenvalue weighted by molar-refractivity contribution is 6.12. The topological polar surface area (TPSA) is 52.3 Å². The van der Waals surface area contributed by atoms with Gasteiger partial charge in [-0.05, 0) is 38.5 Å². The van der Waals surface area contributed by atoms with Crippen molar-refractivity contribution in [2.24, 2.45) is 0 Å². The second kappa shape index (κ2) is 6.10. The molecule has 2 rings (SSSR count). The fourth-order valence-electron chi connectivity index (χ4n) is 1.95. The molecule has 0 spiro atoms. The Hall–Kier alpha value is -2.13. The van der Waals surface area contributed by atoms with Crippen LogP contribution in [0.1, 0.15) is 42.3 Å². The first-order valence-electron chi connectivity index (χ1n) is 6.99. The molecule has 21 heavy (non-hydrogen) atoms. The SMILES string of the molecule is CC(C)(C)OCc1ccc(C(=O)c2ccccc2)c(N)c1. The van der Waals surface area contributed by atoms with Gasteiger partial charge in [0.05, 0.1) is 12.2 Å². The van der Waals surface area contributed by atoms with Crippen molar-refractivity contribution in [3.8, 4) is 0 Å². The van der Waals surface area contributed by atoms with Crippen molar-refractivity contribution < 1.29 is 9.53 Å². The summed E-state index contributed by atoms with van der Waals surface area (Å²) in [6.45, 7) is 6.49. The third-order valence-electron chi connectivity index (χ3n) is 3.07. The molecule has 0 aliphatic rings. The van der Waals surface area contributed by atoms with E-state index in [4.69, 9.17) is 10.5 Å². The molecule has 0 unspecified atom stereocenters. The summed E-state index contributed by atoms with van der Waals surface area (Å²) in [5.74, 6) is -0.0589. The Morgan fingerprint density at radius 2 is 1.76 bits per heavy atom. The van der Waals surface area contributed by atoms with E-state index in [1.165, 1.54) is 0 Å². The predicted molar refractivity (Wildman–Crippen MR) is 85.3 cm³/mol. The molecule has 0 atom stereocenters. The van der Waals surface area contributed by atoms with Gasteiger partial charge in [0, 0.05) is 16.8 Å². The standard InChI is InChI=1S/C18H21NO2/c1-18(2,3)21-12-13-9-10-15(16(19)11-13)17(20)14-7-5-4-6-8-14/h4-11H,12,19H2,1-3H3. The minimum Gasteiger partial charge on any atom is -0.398 e. The average Bonchev–Trinajstić information content (AvgIpc) is 2.45. The van der Waals surface area contributed by atoms with Gasteiger partial charge in [0.15, 0.2) is 5.78 Å². The first-order valence-corrected chi connectivity index (χ1v) is 6.99. The number of hydrogen-bond donors (Lipinski definition) is 1. The zero-order chi connectivity index (χ0) is 15.5. The van der Waals surface area contributed by atoms with E-state index < -0.39 is 0 Å². The van der Waals surface area contributed by atoms with Gasteiger partial charge in [0.2, 0.25) is 0 Å². The Morgan fingerprint density at radius 3 is 2.33 bits per heavy atom. The average molecular weight is 283 g/mol. The number of hydrogen-bond acceptors (Lipinski definition) is 3. The summed E-state index contributed by atoms with van der Waals surface area (Å²) in [6, 6.07) is 14.6. The van der Waals surface area contributed by atoms with Crippen LogP contribution in [-0.4, -0.2) is 11.4 Å². The Morgan fingerprint density at radius 1 is 1.10 bits per heavy atom. The van der Waals surface area contributed by atoms with Crippen molar-refractivity contribution in [3.63, 3.8) is 0 Å². The van der Waals surface area contributed by atoms with Crippen molar-refractivity contribution >= 4 is 11.5 Å². The largest absolute Gasteiger partial charge is 0.398 e. The highest BCUT2D eigenvalue weighted by Crippen LogP contribution is 2.20. The number of nitrogen functional groups attached to an aromatic ring is 1. The fraction of sp³-hybridized carbons (Fsp3) is 0.278. The number of rotatable bonds is 4. The molecule has 3 nitrogen and oxygen atoms in total. The van der Waals surface area contributed by atoms with Gasteiger partial charge in [-0.1, -0.05) is 36.4 Å². The van der Waals surface area contributed by atoms with E-state index in [2.05, 4.69) is 0 Å². The summed E-state index contributed by atoms with van der Waals surface area (Å²) in [5.41, 5.74) is 8.44. The van der Waals surface area contributed by atoms with Crippen molar-refractivity contribution in [1.29, 1.82) is 0 Å². The molecule has 110 valence electrons. The van der Waals surface area contributed by atoms with Crippen LogP contribution in [0.25, 0.3) is 0 Å². The lowest BCUT2D eigenvalue weighted by Gasteiger charge is -2.19. The lowest BCUT2D eigenvalue weighted by Crippen LogP contribution is -2.18. The third-order valence-corrected chi connectivity index (χ3v) is 3.07. The van der Waals surface area contributed by atoms with E-state index in [0.29, 0.717) is 23.4 Å². The van der Waals surface area contributed by atoms with Crippen molar-refractivity contribution in [1.82, 2.24) is 0 Å². The predicted octanol–water partition coefficient (Wildman–Crippen LogP) is 3.81. The third kappa shape index (κ3) is 4.17. The molecule has 0 bridgehead atoms. The van der Waals surface area contributed by atoms with Crippen molar-refractivity contribution in [3.05, 3.63) is 65.2 Å². The van der Waals surface area contributed by atoms with E-state index in [9.17, 15) is 4.79 Å². The van der Waals surface area contributed by atoms with Gasteiger partial charge < -0.3 is 10.5 Å². The Kier molecular flexibility index (Phi) is 4.43. The molecule has 0 radical (unpaired) electrons. The van der Waals surface area contributed by atoms with Crippen LogP contribution >= 0.6 is 0 Å². The van der Waals surface area contributed by atoms with E-state index >= 15 is 0 Å². The minimum atomic E-state index is -0.201. The summed E-state index contributed by atoms with van der Waals surface area (Å²) in [5, 5.41) is 0. The number of anilines is 1. The van der Waals surface area contributed by atoms with Crippen LogP contribution in [0.5, 0.6) is 0 Å². The van der Waals surface area contributed by atoms with Crippen LogP contribution in [0.2, 0.25) is 0 Å². The van der Waals surface area contributed by atoms with Crippen LogP contribution < -0.4 is 5.73 Å². The number of nitrogens with two attached hydrogens (primary N) is 1. The molecule has 2 aromatic carbocycles. The van der Waals surface area contributed by atoms with E-state index in [1.54, 1.807) is 18.2 Å². The maximum atomic E-state index is 12.4. The molecule has 0 aromatic heterocycles. The molecule has 2 aromatic rings. The number of benzene rings is 2. The van der Waals surface area contributed by atoms with Crippen LogP contribution in [0.3, 0.4) is 0 Å². The summed E-state index contributed by atoms with van der Waals surface area (Å²) >= 11 is 0. The molecular weight excluding hydrogens is 262 g/mol. The lowest BCUT2D eigenvalue weighted by molar-refractivity contribution is -0.0149. The number of ether oxygens (including phenoxy) is 1. The molecule has 0 heterocycles. The Balaban J connectivity index is 2.18. The smallest absolute Gasteiger partial charge is 0.195 e. The molecule has 0 aliphatic carbocycles. The first-order chi connectivity index (χ1) is 9.87. The summed E-state index contributed by atoms with van der Waals surface area (Å²) < 4.78 is 5.71. The van der Waals surface area contributed by atoms with E-state index in [-0.39, 0.29) is 11.4 Å². The zero-order valence-corrected chi connectivity index (χ0v) is 12.7. The first kappa shape index (κ1) is 15.3. The zero-order valence-electron chi connectivity index (χ0n) is 12.7. The number of carbonyl (C=O) groups excluding carboxylic acids is 1. The molecular formula is C18H21NO2. The molecule has 0 saturated carbocycles. The van der Waals surface area contributed by atoms with Gasteiger partial charge in [0.1, 0.15) is 0 Å². The fourth-order valence-corrected chi connectivity index (χ4v) is 1.95. The molecule has 0 aliphatic heterocycles. The molecule has 0 fully saturated rings. The van der Waals surface area contributed by atoms with Crippen LogP contribution in [0, 0.1) is 0 Å². The molecule has 0 amide bonds. The highest BCUT2D eigenvalue weighted by atomic mass is 16.5. The van der Waals surface area contributed by atoms with E-state index in [0.717, 1.165) is 5.56 Å². The minimum absolute atomic E-state index is 0.0589. The van der Waals surface area contributed by atoms with Gasteiger partial charge in [-0.3, -0.25) is 4.79 Å². The van der Waals surface area contributed by atoms with Crippen LogP contribution in [0.4, 0.5) is 5.69 Å². The lowest BCUT2D eigenvalue weighted by atomic mass is 10.0. The van der Waals surface area contributed by atoms with E-state index in [1.807, 2.05) is 51.1 Å². The number of carbonyl (C=O) groups is 1. The Bertz CT molecular complexity index is 627. The van der Waals surface area contributed by atoms with Crippen LogP contribution in [0.15, 0.2) is 48.5 Å². The monoisotopic (exact) mass is 283 g/mol. The van der Waals surface area contributed by atoms with Gasteiger partial charge in [-0.25, -0.2) is 0 Å². The summed E-state index contributed by atoms with van der Waals surface area (Å²) in [4.78, 5) is 12.4. The maximum Gasteiger partial charge on any atom is 0.195 e. The second-order valence-electron chi connectivity index (χ2n) is 6.02. The van der Waals surface area contributed by atoms with Gasteiger partial charge in [-0.15, -0.1) is 0 Å². The van der Waals surface area contributed by atoms with Gasteiger partial charge in [0.25, 0.3) is 0 Å². The highest BCUT2D eigenvalue weighted by Gasteiger charge is 2.14. The van der Waals surface area contributed by atoms with Gasteiger partial charge in [-0.2, -0.15) is 0 Å². The molecule has 3 heteroatoms. The maximum absolute atomic E-state index is 12.4. The van der Waals surface area contributed by atoms with Crippen molar-refractivity contribution in [2.75, 3.05) is 5.73 Å². The molecule has 2 N–H and O–H groups in total.